The van der Waals surface area contributed by atoms with Gasteiger partial charge in [-0.2, -0.15) is 14.8 Å². The number of fused-ring (bicyclic) bond motifs is 1. The summed E-state index contributed by atoms with van der Waals surface area (Å²) >= 11 is 0. The lowest BCUT2D eigenvalue weighted by molar-refractivity contribution is -0.127. The predicted molar refractivity (Wildman–Crippen MR) is 156 cm³/mol. The molecule has 1 amide bonds. The summed E-state index contributed by atoms with van der Waals surface area (Å²) in [7, 11) is 0. The van der Waals surface area contributed by atoms with E-state index in [4.69, 9.17) is 10.5 Å². The van der Waals surface area contributed by atoms with E-state index in [-0.39, 0.29) is 58.2 Å². The fourth-order valence-electron chi connectivity index (χ4n) is 5.71. The van der Waals surface area contributed by atoms with Crippen molar-refractivity contribution in [3.63, 3.8) is 0 Å². The average Bonchev–Trinajstić information content (AvgIpc) is 3.43. The number of anilines is 1. The van der Waals surface area contributed by atoms with E-state index in [2.05, 4.69) is 26.5 Å². The van der Waals surface area contributed by atoms with Gasteiger partial charge in [0.25, 0.3) is 5.91 Å². The summed E-state index contributed by atoms with van der Waals surface area (Å²) in [4.78, 5) is 23.6. The molecule has 3 N–H and O–H groups in total. The van der Waals surface area contributed by atoms with E-state index < -0.39 is 17.5 Å². The summed E-state index contributed by atoms with van der Waals surface area (Å²) in [5.74, 6) is -3.70. The Labute approximate surface area is 250 Å². The highest BCUT2D eigenvalue weighted by Crippen LogP contribution is 2.38. The number of hydrogen-bond acceptors (Lipinski definition) is 8. The number of carbonyl (C=O) groups excluding carboxylic acids is 1. The Balaban J connectivity index is 1.30. The molecule has 226 valence electrons. The zero-order valence-corrected chi connectivity index (χ0v) is 23.9. The van der Waals surface area contributed by atoms with Gasteiger partial charge in [0.1, 0.15) is 41.0 Å². The van der Waals surface area contributed by atoms with E-state index in [0.29, 0.717) is 24.0 Å². The van der Waals surface area contributed by atoms with Gasteiger partial charge in [0, 0.05) is 23.7 Å². The van der Waals surface area contributed by atoms with Gasteiger partial charge >= 0.3 is 0 Å². The molecular weight excluding hydrogens is 573 g/mol. The number of likely N-dealkylation sites (tertiary alicyclic amines) is 1. The summed E-state index contributed by atoms with van der Waals surface area (Å²) < 4.78 is 50.1. The summed E-state index contributed by atoms with van der Waals surface area (Å²) in [5.41, 5.74) is 6.61. The van der Waals surface area contributed by atoms with Crippen molar-refractivity contribution >= 4 is 22.8 Å². The van der Waals surface area contributed by atoms with Crippen LogP contribution in [0.5, 0.6) is 11.5 Å². The predicted octanol–water partition coefficient (Wildman–Crippen LogP) is 4.87. The van der Waals surface area contributed by atoms with Crippen LogP contribution in [0.25, 0.3) is 22.3 Å². The topological polar surface area (TPSA) is 135 Å². The minimum atomic E-state index is -1.19. The molecule has 1 saturated heterocycles. The summed E-state index contributed by atoms with van der Waals surface area (Å²) in [6, 6.07) is 9.11. The minimum Gasteiger partial charge on any atom is -0.454 e. The van der Waals surface area contributed by atoms with E-state index in [9.17, 15) is 18.8 Å². The lowest BCUT2D eigenvalue weighted by atomic mass is 10.1. The van der Waals surface area contributed by atoms with Crippen LogP contribution in [0.4, 0.5) is 19.0 Å². The van der Waals surface area contributed by atoms with Gasteiger partial charge in [-0.3, -0.25) is 4.79 Å². The maximum absolute atomic E-state index is 15.5. The van der Waals surface area contributed by atoms with Gasteiger partial charge in [-0.05, 0) is 62.6 Å². The van der Waals surface area contributed by atoms with Crippen molar-refractivity contribution in [3.8, 4) is 28.8 Å². The zero-order valence-electron chi connectivity index (χ0n) is 23.9. The molecule has 2 aliphatic rings. The van der Waals surface area contributed by atoms with Crippen molar-refractivity contribution in [1.29, 1.82) is 5.26 Å². The van der Waals surface area contributed by atoms with Crippen LogP contribution in [-0.4, -0.2) is 55.2 Å². The maximum Gasteiger partial charge on any atom is 0.264 e. The maximum atomic E-state index is 15.5. The monoisotopic (exact) mass is 602 g/mol. The molecule has 4 aromatic rings. The van der Waals surface area contributed by atoms with Crippen molar-refractivity contribution in [1.82, 2.24) is 30.0 Å². The molecule has 0 bridgehead atoms. The fourth-order valence-corrected chi connectivity index (χ4v) is 5.71. The Kier molecular flexibility index (Phi) is 7.69. The third-order valence-corrected chi connectivity index (χ3v) is 8.01. The molecule has 1 aliphatic heterocycles. The molecule has 13 heteroatoms. The van der Waals surface area contributed by atoms with Gasteiger partial charge in [0.15, 0.2) is 17.2 Å². The number of nitriles is 1. The second kappa shape index (κ2) is 11.6. The van der Waals surface area contributed by atoms with Gasteiger partial charge in [0.05, 0.1) is 18.0 Å². The van der Waals surface area contributed by atoms with Crippen LogP contribution < -0.4 is 15.8 Å². The zero-order chi connectivity index (χ0) is 31.0. The molecule has 1 unspecified atom stereocenters. The van der Waals surface area contributed by atoms with Crippen molar-refractivity contribution < 1.29 is 22.7 Å². The quantitative estimate of drug-likeness (QED) is 0.205. The first-order valence-corrected chi connectivity index (χ1v) is 14.3. The van der Waals surface area contributed by atoms with Crippen molar-refractivity contribution in [2.24, 2.45) is 0 Å². The molecular formula is C31H29F3N8O2. The molecule has 44 heavy (non-hydrogen) atoms. The molecule has 6 rings (SSSR count). The van der Waals surface area contributed by atoms with E-state index >= 15 is 4.39 Å². The molecule has 2 fully saturated rings. The van der Waals surface area contributed by atoms with Gasteiger partial charge in [0.2, 0.25) is 5.82 Å². The third kappa shape index (κ3) is 5.44. The Morgan fingerprint density at radius 2 is 2.05 bits per heavy atom. The normalized spacial score (nSPS) is 17.6. The second-order valence-electron chi connectivity index (χ2n) is 10.9. The smallest absolute Gasteiger partial charge is 0.264 e. The van der Waals surface area contributed by atoms with Crippen LogP contribution >= 0.6 is 0 Å². The van der Waals surface area contributed by atoms with Crippen LogP contribution in [0.15, 0.2) is 54.4 Å². The Morgan fingerprint density at radius 3 is 2.77 bits per heavy atom. The standard InChI is InChI=1S/C31H29F3N8O2/c1-2-39-31(10-11-31)14-18(15-35)30(43)41-12-4-5-19(41)16-42-29-25(28(36)37-17-38-29)27(40-42)21-9-8-20(13-23(21)33)44-24-7-3-6-22(32)26(24)34/h3,6-9,13-14,17,19,39H,2,4-5,10-12,16H2,1H3,(H2,36,37,38). The number of likely N-dealkylation sites (N-methyl/N-ethyl adjacent to an activating group) is 1. The number of nitrogens with zero attached hydrogens (tertiary/aromatic N) is 6. The number of amides is 1. The molecule has 1 saturated carbocycles. The second-order valence-corrected chi connectivity index (χ2v) is 10.9. The van der Waals surface area contributed by atoms with Gasteiger partial charge < -0.3 is 20.7 Å². The number of halogens is 3. The Hall–Kier alpha value is -4.96. The first-order valence-electron chi connectivity index (χ1n) is 14.3. The summed E-state index contributed by atoms with van der Waals surface area (Å²) in [6.45, 7) is 3.44. The van der Waals surface area contributed by atoms with Gasteiger partial charge in [-0.1, -0.05) is 13.0 Å². The van der Waals surface area contributed by atoms with Crippen LogP contribution in [0.3, 0.4) is 0 Å². The highest BCUT2D eigenvalue weighted by atomic mass is 19.2. The third-order valence-electron chi connectivity index (χ3n) is 8.01. The number of hydrogen-bond donors (Lipinski definition) is 2. The largest absolute Gasteiger partial charge is 0.454 e. The molecule has 3 heterocycles. The SMILES string of the molecule is CCNC1(C=C(C#N)C(=O)N2CCCC2Cn2nc(-c3ccc(Oc4cccc(F)c4F)cc3F)c3c(N)ncnc32)CC1. The lowest BCUT2D eigenvalue weighted by Gasteiger charge is -2.25. The first kappa shape index (κ1) is 29.1. The number of aromatic nitrogens is 4. The molecule has 1 aliphatic carbocycles. The van der Waals surface area contributed by atoms with Crippen LogP contribution in [-0.2, 0) is 11.3 Å². The molecule has 2 aromatic carbocycles. The van der Waals surface area contributed by atoms with E-state index in [1.54, 1.807) is 15.7 Å². The highest BCUT2D eigenvalue weighted by molar-refractivity contribution is 5.99. The Morgan fingerprint density at radius 1 is 1.23 bits per heavy atom. The van der Waals surface area contributed by atoms with E-state index in [0.717, 1.165) is 37.9 Å². The van der Waals surface area contributed by atoms with Crippen LogP contribution in [0, 0.1) is 28.8 Å². The van der Waals surface area contributed by atoms with Crippen molar-refractivity contribution in [3.05, 3.63) is 71.8 Å². The molecule has 10 nitrogen and oxygen atoms in total. The lowest BCUT2D eigenvalue weighted by Crippen LogP contribution is -2.40. The van der Waals surface area contributed by atoms with Gasteiger partial charge in [-0.25, -0.2) is 23.4 Å². The Bertz CT molecular complexity index is 1830. The van der Waals surface area contributed by atoms with Gasteiger partial charge in [-0.15, -0.1) is 0 Å². The summed E-state index contributed by atoms with van der Waals surface area (Å²) in [6.07, 6.45) is 6.21. The number of ether oxygens (including phenoxy) is 1. The van der Waals surface area contributed by atoms with Crippen LogP contribution in [0.2, 0.25) is 0 Å². The first-order chi connectivity index (χ1) is 21.2. The van der Waals surface area contributed by atoms with Crippen molar-refractivity contribution in [2.45, 2.75) is 50.7 Å². The highest BCUT2D eigenvalue weighted by Gasteiger charge is 2.42. The number of rotatable bonds is 9. The molecule has 1 atom stereocenters. The average molecular weight is 603 g/mol. The van der Waals surface area contributed by atoms with E-state index in [1.807, 2.05) is 6.92 Å². The summed E-state index contributed by atoms with van der Waals surface area (Å²) in [5, 5.41) is 18.2. The number of nitrogen functional groups attached to an aromatic ring is 1. The number of nitrogens with one attached hydrogen (secondary N) is 1. The number of benzene rings is 2. The van der Waals surface area contributed by atoms with Crippen molar-refractivity contribution in [2.75, 3.05) is 18.8 Å². The van der Waals surface area contributed by atoms with Crippen LogP contribution in [0.1, 0.15) is 32.6 Å². The number of nitrogens with two attached hydrogens (primary N) is 1. The van der Waals surface area contributed by atoms with E-state index in [1.165, 1.54) is 30.6 Å². The molecule has 0 radical (unpaired) electrons. The molecule has 2 aromatic heterocycles. The minimum absolute atomic E-state index is 0.0488. The fraction of sp³-hybridized carbons (Fsp3) is 0.323. The molecule has 0 spiro atoms. The number of carbonyl (C=O) groups is 1.